The summed E-state index contributed by atoms with van der Waals surface area (Å²) in [7, 11) is 0. The van der Waals surface area contributed by atoms with Crippen molar-refractivity contribution in [2.24, 2.45) is 0 Å². The van der Waals surface area contributed by atoms with E-state index < -0.39 is 0 Å². The Morgan fingerprint density at radius 3 is 1.95 bits per heavy atom. The second-order valence-corrected chi connectivity index (χ2v) is 4.02. The van der Waals surface area contributed by atoms with Crippen LogP contribution in [-0.4, -0.2) is 15.0 Å². The zero-order chi connectivity index (χ0) is 13.1. The van der Waals surface area contributed by atoms with Crippen LogP contribution in [-0.2, 0) is 0 Å². The third-order valence-corrected chi connectivity index (χ3v) is 2.82. The van der Waals surface area contributed by atoms with Crippen LogP contribution in [0, 0.1) is 5.82 Å². The van der Waals surface area contributed by atoms with Crippen LogP contribution in [0.1, 0.15) is 0 Å². The van der Waals surface area contributed by atoms with E-state index in [4.69, 9.17) is 0 Å². The quantitative estimate of drug-likeness (QED) is 0.701. The minimum atomic E-state index is -0.298. The van der Waals surface area contributed by atoms with Gasteiger partial charge in [-0.05, 0) is 29.8 Å². The maximum absolute atomic E-state index is 14.1. The van der Waals surface area contributed by atoms with Gasteiger partial charge in [0.25, 0.3) is 0 Å². The van der Waals surface area contributed by atoms with Crippen molar-refractivity contribution < 1.29 is 4.39 Å². The van der Waals surface area contributed by atoms with Crippen LogP contribution in [0.3, 0.4) is 0 Å². The van der Waals surface area contributed by atoms with E-state index in [1.165, 1.54) is 6.07 Å². The number of nitrogens with zero attached hydrogens (tertiary/aromatic N) is 3. The number of pyridine rings is 3. The monoisotopic (exact) mass is 251 g/mol. The smallest absolute Gasteiger partial charge is 0.134 e. The molecule has 0 spiro atoms. The van der Waals surface area contributed by atoms with Crippen molar-refractivity contribution in [2.45, 2.75) is 0 Å². The Morgan fingerprint density at radius 2 is 1.37 bits per heavy atom. The molecule has 0 radical (unpaired) electrons. The van der Waals surface area contributed by atoms with Crippen molar-refractivity contribution in [3.8, 4) is 22.4 Å². The molecule has 3 heterocycles. The second-order valence-electron chi connectivity index (χ2n) is 4.02. The lowest BCUT2D eigenvalue weighted by Crippen LogP contribution is -1.90. The molecule has 0 atom stereocenters. The van der Waals surface area contributed by atoms with Crippen LogP contribution in [0.25, 0.3) is 22.4 Å². The SMILES string of the molecule is Fc1cc(-c2ccncc2)ncc1-c1ccncc1. The molecule has 92 valence electrons. The predicted octanol–water partition coefficient (Wildman–Crippen LogP) is 3.34. The molecule has 0 unspecified atom stereocenters. The van der Waals surface area contributed by atoms with Gasteiger partial charge in [0.05, 0.1) is 5.69 Å². The highest BCUT2D eigenvalue weighted by Crippen LogP contribution is 2.25. The topological polar surface area (TPSA) is 38.7 Å². The summed E-state index contributed by atoms with van der Waals surface area (Å²) < 4.78 is 14.1. The largest absolute Gasteiger partial charge is 0.265 e. The summed E-state index contributed by atoms with van der Waals surface area (Å²) in [5.74, 6) is -0.298. The van der Waals surface area contributed by atoms with Crippen molar-refractivity contribution >= 4 is 0 Å². The van der Waals surface area contributed by atoms with Crippen LogP contribution in [0.2, 0.25) is 0 Å². The van der Waals surface area contributed by atoms with Gasteiger partial charge in [0.15, 0.2) is 0 Å². The minimum Gasteiger partial charge on any atom is -0.265 e. The third kappa shape index (κ3) is 2.33. The summed E-state index contributed by atoms with van der Waals surface area (Å²) in [6.45, 7) is 0. The zero-order valence-corrected chi connectivity index (χ0v) is 9.99. The minimum absolute atomic E-state index is 0.298. The van der Waals surface area contributed by atoms with Gasteiger partial charge in [0, 0.05) is 48.2 Å². The van der Waals surface area contributed by atoms with E-state index in [1.54, 1.807) is 55.2 Å². The number of aromatic nitrogens is 3. The third-order valence-electron chi connectivity index (χ3n) is 2.82. The molecule has 4 heteroatoms. The van der Waals surface area contributed by atoms with Gasteiger partial charge in [-0.2, -0.15) is 0 Å². The maximum Gasteiger partial charge on any atom is 0.134 e. The van der Waals surface area contributed by atoms with E-state index in [0.717, 1.165) is 11.1 Å². The summed E-state index contributed by atoms with van der Waals surface area (Å²) in [6.07, 6.45) is 8.12. The first kappa shape index (κ1) is 11.5. The Hall–Kier alpha value is -2.62. The van der Waals surface area contributed by atoms with Gasteiger partial charge in [-0.25, -0.2) is 4.39 Å². The summed E-state index contributed by atoms with van der Waals surface area (Å²) in [5.41, 5.74) is 2.68. The highest BCUT2D eigenvalue weighted by molar-refractivity contribution is 5.66. The molecule has 19 heavy (non-hydrogen) atoms. The average Bonchev–Trinajstić information content (AvgIpc) is 2.49. The van der Waals surface area contributed by atoms with Crippen molar-refractivity contribution in [3.05, 3.63) is 67.1 Å². The molecule has 3 aromatic heterocycles. The van der Waals surface area contributed by atoms with Crippen molar-refractivity contribution in [1.82, 2.24) is 15.0 Å². The molecule has 0 amide bonds. The predicted molar refractivity (Wildman–Crippen MR) is 70.7 cm³/mol. The first-order valence-corrected chi connectivity index (χ1v) is 5.81. The van der Waals surface area contributed by atoms with Crippen molar-refractivity contribution in [1.29, 1.82) is 0 Å². The average molecular weight is 251 g/mol. The van der Waals surface area contributed by atoms with E-state index in [1.807, 2.05) is 0 Å². The normalized spacial score (nSPS) is 10.4. The van der Waals surface area contributed by atoms with Crippen molar-refractivity contribution in [2.75, 3.05) is 0 Å². The summed E-state index contributed by atoms with van der Waals surface area (Å²) in [6, 6.07) is 8.55. The van der Waals surface area contributed by atoms with E-state index in [0.29, 0.717) is 11.3 Å². The Bertz CT molecular complexity index is 684. The lowest BCUT2D eigenvalue weighted by atomic mass is 10.1. The zero-order valence-electron chi connectivity index (χ0n) is 9.99. The van der Waals surface area contributed by atoms with Gasteiger partial charge in [-0.15, -0.1) is 0 Å². The molecule has 0 aromatic carbocycles. The van der Waals surface area contributed by atoms with Crippen LogP contribution in [0.4, 0.5) is 4.39 Å². The molecule has 0 saturated carbocycles. The fraction of sp³-hybridized carbons (Fsp3) is 0. The first-order valence-electron chi connectivity index (χ1n) is 5.81. The first-order chi connectivity index (χ1) is 9.34. The van der Waals surface area contributed by atoms with Crippen LogP contribution in [0.5, 0.6) is 0 Å². The van der Waals surface area contributed by atoms with Gasteiger partial charge in [0.1, 0.15) is 5.82 Å². The highest BCUT2D eigenvalue weighted by Gasteiger charge is 2.08. The van der Waals surface area contributed by atoms with Crippen LogP contribution < -0.4 is 0 Å². The number of hydrogen-bond acceptors (Lipinski definition) is 3. The molecule has 3 nitrogen and oxygen atoms in total. The van der Waals surface area contributed by atoms with Gasteiger partial charge < -0.3 is 0 Å². The second kappa shape index (κ2) is 4.94. The molecule has 3 rings (SSSR count). The van der Waals surface area contributed by atoms with Crippen molar-refractivity contribution in [3.63, 3.8) is 0 Å². The lowest BCUT2D eigenvalue weighted by Gasteiger charge is -2.05. The number of rotatable bonds is 2. The summed E-state index contributed by atoms with van der Waals surface area (Å²) in [5, 5.41) is 0. The number of halogens is 1. The Balaban J connectivity index is 2.04. The molecule has 0 aliphatic rings. The molecule has 0 N–H and O–H groups in total. The lowest BCUT2D eigenvalue weighted by molar-refractivity contribution is 0.630. The highest BCUT2D eigenvalue weighted by atomic mass is 19.1. The Kier molecular flexibility index (Phi) is 2.98. The molecular weight excluding hydrogens is 241 g/mol. The fourth-order valence-corrected chi connectivity index (χ4v) is 1.86. The molecule has 0 aliphatic carbocycles. The summed E-state index contributed by atoms with van der Waals surface area (Å²) >= 11 is 0. The Morgan fingerprint density at radius 1 is 0.789 bits per heavy atom. The van der Waals surface area contributed by atoms with E-state index in [9.17, 15) is 4.39 Å². The molecule has 0 fully saturated rings. The van der Waals surface area contributed by atoms with E-state index >= 15 is 0 Å². The van der Waals surface area contributed by atoms with Crippen LogP contribution >= 0.6 is 0 Å². The number of hydrogen-bond donors (Lipinski definition) is 0. The molecule has 3 aromatic rings. The standard InChI is InChI=1S/C15H10FN3/c16-14-9-15(12-3-7-18-8-4-12)19-10-13(14)11-1-5-17-6-2-11/h1-10H. The van der Waals surface area contributed by atoms with Gasteiger partial charge in [-0.1, -0.05) is 0 Å². The molecule has 0 aliphatic heterocycles. The fourth-order valence-electron chi connectivity index (χ4n) is 1.86. The molecule has 0 bridgehead atoms. The van der Waals surface area contributed by atoms with Gasteiger partial charge >= 0.3 is 0 Å². The van der Waals surface area contributed by atoms with Crippen LogP contribution in [0.15, 0.2) is 61.3 Å². The maximum atomic E-state index is 14.1. The van der Waals surface area contributed by atoms with E-state index in [2.05, 4.69) is 15.0 Å². The van der Waals surface area contributed by atoms with Gasteiger partial charge in [-0.3, -0.25) is 15.0 Å². The Labute approximate surface area is 109 Å². The van der Waals surface area contributed by atoms with E-state index in [-0.39, 0.29) is 5.82 Å². The van der Waals surface area contributed by atoms with Gasteiger partial charge in [0.2, 0.25) is 0 Å². The summed E-state index contributed by atoms with van der Waals surface area (Å²) in [4.78, 5) is 12.1. The molecular formula is C15H10FN3. The molecule has 0 saturated heterocycles.